The van der Waals surface area contributed by atoms with Gasteiger partial charge in [-0.25, -0.2) is 4.79 Å². The lowest BCUT2D eigenvalue weighted by atomic mass is 10.1. The van der Waals surface area contributed by atoms with Gasteiger partial charge in [0.05, 0.1) is 25.4 Å². The zero-order chi connectivity index (χ0) is 17.8. The van der Waals surface area contributed by atoms with Crippen molar-refractivity contribution in [3.8, 4) is 11.5 Å². The van der Waals surface area contributed by atoms with Crippen LogP contribution in [0.3, 0.4) is 0 Å². The summed E-state index contributed by atoms with van der Waals surface area (Å²) in [5.41, 5.74) is 2.28. The van der Waals surface area contributed by atoms with Crippen LogP contribution in [0.25, 0.3) is 6.08 Å². The first-order valence-corrected chi connectivity index (χ1v) is 7.62. The molecule has 0 spiro atoms. The molecule has 0 atom stereocenters. The van der Waals surface area contributed by atoms with Crippen molar-refractivity contribution in [3.05, 3.63) is 59.2 Å². The van der Waals surface area contributed by atoms with Gasteiger partial charge in [0.15, 0.2) is 11.5 Å². The summed E-state index contributed by atoms with van der Waals surface area (Å²) in [7, 11) is 2.89. The van der Waals surface area contributed by atoms with Gasteiger partial charge in [-0.15, -0.1) is 0 Å². The topological polar surface area (TPSA) is 73.9 Å². The Hall–Kier alpha value is -3.28. The molecule has 1 amide bonds. The SMILES string of the molecule is COC(=O)c1ccc(NC(=O)C2=Cc3cccc(OC)c3OC2)cc1. The van der Waals surface area contributed by atoms with Crippen LogP contribution in [0.5, 0.6) is 11.5 Å². The van der Waals surface area contributed by atoms with Crippen molar-refractivity contribution in [2.24, 2.45) is 0 Å². The van der Waals surface area contributed by atoms with Crippen LogP contribution >= 0.6 is 0 Å². The molecule has 2 aromatic carbocycles. The van der Waals surface area contributed by atoms with Gasteiger partial charge >= 0.3 is 5.97 Å². The maximum Gasteiger partial charge on any atom is 0.337 e. The van der Waals surface area contributed by atoms with Gasteiger partial charge in [0.2, 0.25) is 0 Å². The Morgan fingerprint density at radius 2 is 1.84 bits per heavy atom. The number of fused-ring (bicyclic) bond motifs is 1. The van der Waals surface area contributed by atoms with Gasteiger partial charge in [-0.2, -0.15) is 0 Å². The largest absolute Gasteiger partial charge is 0.493 e. The van der Waals surface area contributed by atoms with Crippen molar-refractivity contribution in [3.63, 3.8) is 0 Å². The predicted octanol–water partition coefficient (Wildman–Crippen LogP) is 2.90. The quantitative estimate of drug-likeness (QED) is 0.867. The van der Waals surface area contributed by atoms with E-state index in [2.05, 4.69) is 10.1 Å². The molecule has 1 N–H and O–H groups in total. The van der Waals surface area contributed by atoms with Crippen LogP contribution in [0.15, 0.2) is 48.0 Å². The molecule has 1 heterocycles. The van der Waals surface area contributed by atoms with E-state index >= 15 is 0 Å². The summed E-state index contributed by atoms with van der Waals surface area (Å²) < 4.78 is 15.6. The molecular weight excluding hydrogens is 322 g/mol. The van der Waals surface area contributed by atoms with Crippen LogP contribution in [0, 0.1) is 0 Å². The number of carbonyl (C=O) groups is 2. The zero-order valence-electron chi connectivity index (χ0n) is 13.9. The van der Waals surface area contributed by atoms with E-state index in [1.807, 2.05) is 12.1 Å². The van der Waals surface area contributed by atoms with E-state index in [1.54, 1.807) is 43.5 Å². The Kier molecular flexibility index (Phi) is 4.70. The minimum Gasteiger partial charge on any atom is -0.493 e. The number of anilines is 1. The van der Waals surface area contributed by atoms with Gasteiger partial charge in [-0.3, -0.25) is 4.79 Å². The highest BCUT2D eigenvalue weighted by Gasteiger charge is 2.20. The van der Waals surface area contributed by atoms with E-state index in [1.165, 1.54) is 7.11 Å². The number of esters is 1. The molecule has 0 bridgehead atoms. The number of benzene rings is 2. The average molecular weight is 339 g/mol. The van der Waals surface area contributed by atoms with E-state index in [0.717, 1.165) is 5.56 Å². The van der Waals surface area contributed by atoms with E-state index < -0.39 is 5.97 Å². The third-order valence-corrected chi connectivity index (χ3v) is 3.79. The summed E-state index contributed by atoms with van der Waals surface area (Å²) in [5, 5.41) is 2.78. The van der Waals surface area contributed by atoms with Crippen LogP contribution in [0.1, 0.15) is 15.9 Å². The molecule has 6 heteroatoms. The fourth-order valence-electron chi connectivity index (χ4n) is 2.49. The number of nitrogens with one attached hydrogen (secondary N) is 1. The van der Waals surface area contributed by atoms with Crippen LogP contribution in [0.2, 0.25) is 0 Å². The van der Waals surface area contributed by atoms with Gasteiger partial charge < -0.3 is 19.5 Å². The number of hydrogen-bond acceptors (Lipinski definition) is 5. The molecule has 0 radical (unpaired) electrons. The van der Waals surface area contributed by atoms with Gasteiger partial charge in [0, 0.05) is 11.3 Å². The highest BCUT2D eigenvalue weighted by Crippen LogP contribution is 2.35. The highest BCUT2D eigenvalue weighted by molar-refractivity contribution is 6.07. The molecule has 1 aliphatic heterocycles. The normalized spacial score (nSPS) is 12.3. The molecule has 128 valence electrons. The molecular formula is C19H17NO5. The summed E-state index contributed by atoms with van der Waals surface area (Å²) in [6, 6.07) is 12.0. The smallest absolute Gasteiger partial charge is 0.337 e. The zero-order valence-corrected chi connectivity index (χ0v) is 13.9. The van der Waals surface area contributed by atoms with E-state index in [0.29, 0.717) is 28.3 Å². The van der Waals surface area contributed by atoms with Gasteiger partial charge in [0.25, 0.3) is 5.91 Å². The number of hydrogen-bond donors (Lipinski definition) is 1. The Balaban J connectivity index is 1.75. The van der Waals surface area contributed by atoms with Crippen LogP contribution in [0.4, 0.5) is 5.69 Å². The lowest BCUT2D eigenvalue weighted by molar-refractivity contribution is -0.113. The predicted molar refractivity (Wildman–Crippen MR) is 92.9 cm³/mol. The summed E-state index contributed by atoms with van der Waals surface area (Å²) in [6.45, 7) is 0.152. The molecule has 0 saturated heterocycles. The van der Waals surface area contributed by atoms with Crippen molar-refractivity contribution in [2.75, 3.05) is 26.1 Å². The number of rotatable bonds is 4. The molecule has 25 heavy (non-hydrogen) atoms. The van der Waals surface area contributed by atoms with Gasteiger partial charge in [0.1, 0.15) is 6.61 Å². The minimum absolute atomic E-state index is 0.152. The molecule has 0 saturated carbocycles. The average Bonchev–Trinajstić information content (AvgIpc) is 2.66. The monoisotopic (exact) mass is 339 g/mol. The second-order valence-electron chi connectivity index (χ2n) is 5.36. The summed E-state index contributed by atoms with van der Waals surface area (Å²) in [4.78, 5) is 23.8. The summed E-state index contributed by atoms with van der Waals surface area (Å²) in [6.07, 6.45) is 1.78. The fraction of sp³-hybridized carbons (Fsp3) is 0.158. The standard InChI is InChI=1S/C19H17NO5/c1-23-16-5-3-4-13-10-14(11-25-17(13)16)18(21)20-15-8-6-12(7-9-15)19(22)24-2/h3-10H,11H2,1-2H3,(H,20,21). The van der Waals surface area contributed by atoms with E-state index in [-0.39, 0.29) is 12.5 Å². The third-order valence-electron chi connectivity index (χ3n) is 3.79. The van der Waals surface area contributed by atoms with Crippen LogP contribution < -0.4 is 14.8 Å². The number of carbonyl (C=O) groups excluding carboxylic acids is 2. The van der Waals surface area contributed by atoms with Gasteiger partial charge in [-0.05, 0) is 36.4 Å². The van der Waals surface area contributed by atoms with Crippen molar-refractivity contribution < 1.29 is 23.8 Å². The molecule has 6 nitrogen and oxygen atoms in total. The molecule has 0 unspecified atom stereocenters. The molecule has 3 rings (SSSR count). The first-order valence-electron chi connectivity index (χ1n) is 7.62. The lowest BCUT2D eigenvalue weighted by Gasteiger charge is -2.19. The van der Waals surface area contributed by atoms with Crippen molar-refractivity contribution in [1.29, 1.82) is 0 Å². The van der Waals surface area contributed by atoms with Crippen molar-refractivity contribution in [1.82, 2.24) is 0 Å². The van der Waals surface area contributed by atoms with Crippen molar-refractivity contribution in [2.45, 2.75) is 0 Å². The summed E-state index contributed by atoms with van der Waals surface area (Å²) >= 11 is 0. The van der Waals surface area contributed by atoms with E-state index in [4.69, 9.17) is 9.47 Å². The molecule has 1 aliphatic rings. The molecule has 2 aromatic rings. The maximum atomic E-state index is 12.4. The third kappa shape index (κ3) is 3.47. The number of amides is 1. The van der Waals surface area contributed by atoms with E-state index in [9.17, 15) is 9.59 Å². The highest BCUT2D eigenvalue weighted by atomic mass is 16.5. The van der Waals surface area contributed by atoms with Crippen molar-refractivity contribution >= 4 is 23.6 Å². The second-order valence-corrected chi connectivity index (χ2v) is 5.36. The first-order chi connectivity index (χ1) is 12.1. The number of ether oxygens (including phenoxy) is 3. The first kappa shape index (κ1) is 16.6. The molecule has 0 aliphatic carbocycles. The summed E-state index contributed by atoms with van der Waals surface area (Å²) in [5.74, 6) is 0.571. The Labute approximate surface area is 145 Å². The second kappa shape index (κ2) is 7.09. The number of para-hydroxylation sites is 1. The Bertz CT molecular complexity index is 839. The minimum atomic E-state index is -0.424. The molecule has 0 aromatic heterocycles. The Morgan fingerprint density at radius 3 is 2.52 bits per heavy atom. The fourth-order valence-corrected chi connectivity index (χ4v) is 2.49. The molecule has 0 fully saturated rings. The maximum absolute atomic E-state index is 12.4. The lowest BCUT2D eigenvalue weighted by Crippen LogP contribution is -2.21. The number of methoxy groups -OCH3 is 2. The van der Waals surface area contributed by atoms with Gasteiger partial charge in [-0.1, -0.05) is 12.1 Å². The Morgan fingerprint density at radius 1 is 1.08 bits per heavy atom. The van der Waals surface area contributed by atoms with Crippen LogP contribution in [-0.4, -0.2) is 32.7 Å². The van der Waals surface area contributed by atoms with Crippen LogP contribution in [-0.2, 0) is 9.53 Å².